The summed E-state index contributed by atoms with van der Waals surface area (Å²) in [6, 6.07) is 4.77. The number of hydrogen-bond acceptors (Lipinski definition) is 2. The van der Waals surface area contributed by atoms with Crippen molar-refractivity contribution in [3.8, 4) is 0 Å². The van der Waals surface area contributed by atoms with E-state index in [1.54, 1.807) is 6.07 Å². The van der Waals surface area contributed by atoms with Gasteiger partial charge in [-0.3, -0.25) is 0 Å². The minimum atomic E-state index is -0.230. The van der Waals surface area contributed by atoms with Crippen LogP contribution >= 0.6 is 0 Å². The largest absolute Gasteiger partial charge is 0.327 e. The molecule has 0 saturated carbocycles. The summed E-state index contributed by atoms with van der Waals surface area (Å²) in [5.41, 5.74) is 1.74. The molecule has 0 atom stereocenters. The molecule has 0 fully saturated rings. The quantitative estimate of drug-likeness (QED) is 0.807. The number of halogens is 1. The first-order chi connectivity index (χ1) is 8.26. The van der Waals surface area contributed by atoms with Gasteiger partial charge in [0.05, 0.1) is 17.6 Å². The van der Waals surface area contributed by atoms with E-state index < -0.39 is 0 Å². The first-order valence-corrected chi connectivity index (χ1v) is 6.11. The van der Waals surface area contributed by atoms with E-state index in [2.05, 4.69) is 28.7 Å². The molecule has 92 valence electrons. The van der Waals surface area contributed by atoms with Crippen molar-refractivity contribution in [3.63, 3.8) is 0 Å². The third kappa shape index (κ3) is 2.47. The second-order valence-corrected chi connectivity index (χ2v) is 4.08. The van der Waals surface area contributed by atoms with E-state index in [-0.39, 0.29) is 5.82 Å². The summed E-state index contributed by atoms with van der Waals surface area (Å²) in [6.07, 6.45) is 1.10. The SMILES string of the molecule is CCCNCc1nc2cc(F)ccc2n1CC. The Hall–Kier alpha value is -1.42. The molecule has 3 nitrogen and oxygen atoms in total. The summed E-state index contributed by atoms with van der Waals surface area (Å²) in [5, 5.41) is 3.32. The summed E-state index contributed by atoms with van der Waals surface area (Å²) >= 11 is 0. The van der Waals surface area contributed by atoms with Crippen LogP contribution in [0.1, 0.15) is 26.1 Å². The van der Waals surface area contributed by atoms with Gasteiger partial charge in [-0.05, 0) is 32.0 Å². The summed E-state index contributed by atoms with van der Waals surface area (Å²) in [6.45, 7) is 6.77. The fraction of sp³-hybridized carbons (Fsp3) is 0.462. The van der Waals surface area contributed by atoms with Gasteiger partial charge in [0.15, 0.2) is 0 Å². The van der Waals surface area contributed by atoms with Crippen molar-refractivity contribution in [1.29, 1.82) is 0 Å². The van der Waals surface area contributed by atoms with Crippen molar-refractivity contribution in [2.75, 3.05) is 6.54 Å². The number of nitrogens with one attached hydrogen (secondary N) is 1. The average molecular weight is 235 g/mol. The minimum absolute atomic E-state index is 0.230. The molecule has 0 radical (unpaired) electrons. The molecule has 0 aliphatic rings. The molecule has 1 N–H and O–H groups in total. The van der Waals surface area contributed by atoms with E-state index in [1.807, 2.05) is 0 Å². The van der Waals surface area contributed by atoms with Gasteiger partial charge in [0, 0.05) is 12.6 Å². The lowest BCUT2D eigenvalue weighted by atomic mass is 10.3. The zero-order valence-electron chi connectivity index (χ0n) is 10.3. The van der Waals surface area contributed by atoms with Gasteiger partial charge < -0.3 is 9.88 Å². The molecule has 4 heteroatoms. The molecule has 2 rings (SSSR count). The Morgan fingerprint density at radius 2 is 2.18 bits per heavy atom. The normalized spacial score (nSPS) is 11.2. The van der Waals surface area contributed by atoms with Crippen LogP contribution in [-0.2, 0) is 13.1 Å². The number of fused-ring (bicyclic) bond motifs is 1. The summed E-state index contributed by atoms with van der Waals surface area (Å²) < 4.78 is 15.2. The minimum Gasteiger partial charge on any atom is -0.327 e. The third-order valence-electron chi connectivity index (χ3n) is 2.82. The van der Waals surface area contributed by atoms with Crippen molar-refractivity contribution in [2.24, 2.45) is 0 Å². The lowest BCUT2D eigenvalue weighted by Gasteiger charge is -2.06. The fourth-order valence-corrected chi connectivity index (χ4v) is 2.02. The Balaban J connectivity index is 2.34. The molecule has 0 spiro atoms. The fourth-order valence-electron chi connectivity index (χ4n) is 2.02. The van der Waals surface area contributed by atoms with Crippen LogP contribution in [0.2, 0.25) is 0 Å². The van der Waals surface area contributed by atoms with Gasteiger partial charge in [-0.15, -0.1) is 0 Å². The molecule has 1 aromatic carbocycles. The van der Waals surface area contributed by atoms with Crippen LogP contribution < -0.4 is 5.32 Å². The Morgan fingerprint density at radius 3 is 2.88 bits per heavy atom. The number of imidazole rings is 1. The van der Waals surface area contributed by atoms with E-state index in [0.29, 0.717) is 0 Å². The number of aryl methyl sites for hydroxylation is 1. The average Bonchev–Trinajstić information content (AvgIpc) is 2.66. The van der Waals surface area contributed by atoms with Gasteiger partial charge in [0.2, 0.25) is 0 Å². The molecule has 0 unspecified atom stereocenters. The lowest BCUT2D eigenvalue weighted by molar-refractivity contribution is 0.615. The Bertz CT molecular complexity index is 505. The zero-order valence-corrected chi connectivity index (χ0v) is 10.3. The van der Waals surface area contributed by atoms with Crippen LogP contribution in [0.4, 0.5) is 4.39 Å². The Kier molecular flexibility index (Phi) is 3.74. The predicted molar refractivity (Wildman–Crippen MR) is 67.4 cm³/mol. The molecule has 1 heterocycles. The molecule has 0 amide bonds. The van der Waals surface area contributed by atoms with Crippen LogP contribution in [-0.4, -0.2) is 16.1 Å². The first-order valence-electron chi connectivity index (χ1n) is 6.11. The highest BCUT2D eigenvalue weighted by Gasteiger charge is 2.09. The lowest BCUT2D eigenvalue weighted by Crippen LogP contribution is -2.17. The molecule has 17 heavy (non-hydrogen) atoms. The van der Waals surface area contributed by atoms with Gasteiger partial charge in [0.1, 0.15) is 11.6 Å². The summed E-state index contributed by atoms with van der Waals surface area (Å²) in [5.74, 6) is 0.743. The first kappa shape index (κ1) is 12.0. The van der Waals surface area contributed by atoms with Gasteiger partial charge in [0.25, 0.3) is 0 Å². The summed E-state index contributed by atoms with van der Waals surface area (Å²) in [7, 11) is 0. The van der Waals surface area contributed by atoms with Crippen molar-refractivity contribution in [3.05, 3.63) is 29.8 Å². The van der Waals surface area contributed by atoms with Gasteiger partial charge >= 0.3 is 0 Å². The second-order valence-electron chi connectivity index (χ2n) is 4.08. The molecular formula is C13H18FN3. The maximum atomic E-state index is 13.1. The van der Waals surface area contributed by atoms with Crippen molar-refractivity contribution in [2.45, 2.75) is 33.4 Å². The van der Waals surface area contributed by atoms with Crippen molar-refractivity contribution < 1.29 is 4.39 Å². The molecule has 2 aromatic rings. The Morgan fingerprint density at radius 1 is 1.35 bits per heavy atom. The molecule has 0 aliphatic carbocycles. The second kappa shape index (κ2) is 5.27. The van der Waals surface area contributed by atoms with E-state index in [1.165, 1.54) is 12.1 Å². The topological polar surface area (TPSA) is 29.9 Å². The van der Waals surface area contributed by atoms with Crippen LogP contribution in [0.25, 0.3) is 11.0 Å². The van der Waals surface area contributed by atoms with Crippen molar-refractivity contribution >= 4 is 11.0 Å². The highest BCUT2D eigenvalue weighted by atomic mass is 19.1. The third-order valence-corrected chi connectivity index (χ3v) is 2.82. The maximum absolute atomic E-state index is 13.1. The standard InChI is InChI=1S/C13H18FN3/c1-3-7-15-9-13-16-11-8-10(14)5-6-12(11)17(13)4-2/h5-6,8,15H,3-4,7,9H2,1-2H3. The van der Waals surface area contributed by atoms with Gasteiger partial charge in [-0.25, -0.2) is 9.37 Å². The number of aromatic nitrogens is 2. The number of benzene rings is 1. The van der Waals surface area contributed by atoms with Crippen LogP contribution in [0.5, 0.6) is 0 Å². The maximum Gasteiger partial charge on any atom is 0.125 e. The number of hydrogen-bond donors (Lipinski definition) is 1. The van der Waals surface area contributed by atoms with Gasteiger partial charge in [-0.2, -0.15) is 0 Å². The van der Waals surface area contributed by atoms with Gasteiger partial charge in [-0.1, -0.05) is 6.92 Å². The van der Waals surface area contributed by atoms with E-state index in [4.69, 9.17) is 0 Å². The molecule has 0 saturated heterocycles. The number of rotatable bonds is 5. The van der Waals surface area contributed by atoms with Crippen molar-refractivity contribution in [1.82, 2.24) is 14.9 Å². The summed E-state index contributed by atoms with van der Waals surface area (Å²) in [4.78, 5) is 4.48. The van der Waals surface area contributed by atoms with Crippen LogP contribution in [0.15, 0.2) is 18.2 Å². The highest BCUT2D eigenvalue weighted by molar-refractivity contribution is 5.76. The number of nitrogens with zero attached hydrogens (tertiary/aromatic N) is 2. The predicted octanol–water partition coefficient (Wildman–Crippen LogP) is 2.69. The van der Waals surface area contributed by atoms with Crippen LogP contribution in [0, 0.1) is 5.82 Å². The molecule has 1 aromatic heterocycles. The van der Waals surface area contributed by atoms with E-state index in [9.17, 15) is 4.39 Å². The molecular weight excluding hydrogens is 217 g/mol. The molecule has 0 aliphatic heterocycles. The highest BCUT2D eigenvalue weighted by Crippen LogP contribution is 2.17. The van der Waals surface area contributed by atoms with E-state index in [0.717, 1.165) is 42.9 Å². The smallest absolute Gasteiger partial charge is 0.125 e. The monoisotopic (exact) mass is 235 g/mol. The Labute approximate surface area is 101 Å². The van der Waals surface area contributed by atoms with E-state index >= 15 is 0 Å². The molecule has 0 bridgehead atoms. The zero-order chi connectivity index (χ0) is 12.3. The van der Waals surface area contributed by atoms with Crippen LogP contribution in [0.3, 0.4) is 0 Å².